The third-order valence-electron chi connectivity index (χ3n) is 10.8. The lowest BCUT2D eigenvalue weighted by atomic mass is 9.56. The zero-order valence-corrected chi connectivity index (χ0v) is 26.5. The molecule has 4 amide bonds. The van der Waals surface area contributed by atoms with E-state index < -0.39 is 93.7 Å². The molecule has 2 saturated heterocycles. The van der Waals surface area contributed by atoms with Crippen molar-refractivity contribution in [3.63, 3.8) is 0 Å². The highest BCUT2D eigenvalue weighted by molar-refractivity contribution is 6.24. The van der Waals surface area contributed by atoms with Crippen LogP contribution in [0, 0.1) is 29.6 Å². The molecule has 3 fully saturated rings. The molecule has 13 nitrogen and oxygen atoms in total. The minimum absolute atomic E-state index is 0.00395. The number of benzene rings is 4. The molecule has 51 heavy (non-hydrogen) atoms. The number of aromatic carboxylic acids is 2. The maximum atomic E-state index is 14.5. The number of carbonyl (C=O) groups is 6. The lowest BCUT2D eigenvalue weighted by molar-refractivity contribution is -0.126. The first-order valence-corrected chi connectivity index (χ1v) is 16.2. The van der Waals surface area contributed by atoms with Crippen molar-refractivity contribution in [2.24, 2.45) is 29.6 Å². The summed E-state index contributed by atoms with van der Waals surface area (Å²) in [6, 6.07) is 17.2. The molecule has 2 heterocycles. The highest BCUT2D eigenvalue weighted by atomic mass is 16.4. The van der Waals surface area contributed by atoms with Crippen LogP contribution in [0.1, 0.15) is 45.0 Å². The maximum Gasteiger partial charge on any atom is 0.339 e. The molecular formula is C38H28N2O11. The van der Waals surface area contributed by atoms with Crippen molar-refractivity contribution >= 4 is 57.7 Å². The number of rotatable bonds is 5. The predicted molar refractivity (Wildman–Crippen MR) is 178 cm³/mol. The van der Waals surface area contributed by atoms with Crippen LogP contribution in [0.3, 0.4) is 0 Å². The molecule has 13 heteroatoms. The average Bonchev–Trinajstić information content (AvgIpc) is 3.50. The van der Waals surface area contributed by atoms with Gasteiger partial charge in [0, 0.05) is 23.6 Å². The minimum Gasteiger partial charge on any atom is -0.508 e. The van der Waals surface area contributed by atoms with Gasteiger partial charge in [-0.1, -0.05) is 42.0 Å². The van der Waals surface area contributed by atoms with Crippen LogP contribution < -0.4 is 9.80 Å². The summed E-state index contributed by atoms with van der Waals surface area (Å²) < 4.78 is 0. The number of phenols is 3. The van der Waals surface area contributed by atoms with Gasteiger partial charge < -0.3 is 25.5 Å². The Kier molecular flexibility index (Phi) is 7.02. The van der Waals surface area contributed by atoms with Crippen molar-refractivity contribution in [2.45, 2.75) is 18.8 Å². The Labute approximate surface area is 288 Å². The van der Waals surface area contributed by atoms with E-state index in [1.165, 1.54) is 18.2 Å². The zero-order valence-electron chi connectivity index (χ0n) is 26.5. The van der Waals surface area contributed by atoms with Crippen LogP contribution in [0.15, 0.2) is 84.4 Å². The van der Waals surface area contributed by atoms with Crippen LogP contribution in [-0.2, 0) is 19.2 Å². The monoisotopic (exact) mass is 688 g/mol. The number of amides is 4. The van der Waals surface area contributed by atoms with Crippen molar-refractivity contribution in [1.29, 1.82) is 0 Å². The first-order valence-electron chi connectivity index (χ1n) is 16.2. The number of hydrogen-bond acceptors (Lipinski definition) is 9. The SMILES string of the molecule is O=C(O)c1ccc(N2C(=O)C3CC=C4C(CC5C(=O)N(c6ccc(C(=O)O)c(O)c6)C(=O)C5C4c4c(O)ccc5ccccc45)C3C2=O)cc1O. The second-order valence-corrected chi connectivity index (χ2v) is 13.3. The van der Waals surface area contributed by atoms with E-state index in [-0.39, 0.29) is 30.0 Å². The largest absolute Gasteiger partial charge is 0.508 e. The van der Waals surface area contributed by atoms with Crippen molar-refractivity contribution in [3.8, 4) is 17.2 Å². The summed E-state index contributed by atoms with van der Waals surface area (Å²) >= 11 is 0. The molecule has 5 N–H and O–H groups in total. The Bertz CT molecular complexity index is 2310. The molecule has 1 saturated carbocycles. The summed E-state index contributed by atoms with van der Waals surface area (Å²) in [6.07, 6.45) is 1.91. The molecule has 0 aromatic heterocycles. The van der Waals surface area contributed by atoms with Crippen molar-refractivity contribution in [3.05, 3.63) is 101 Å². The Hall–Kier alpha value is -6.50. The number of aromatic hydroxyl groups is 3. The normalized spacial score (nSPS) is 25.5. The lowest BCUT2D eigenvalue weighted by Crippen LogP contribution is -2.43. The summed E-state index contributed by atoms with van der Waals surface area (Å²) in [5.74, 6) is -12.2. The summed E-state index contributed by atoms with van der Waals surface area (Å²) in [7, 11) is 0. The first-order chi connectivity index (χ1) is 24.4. The third-order valence-corrected chi connectivity index (χ3v) is 10.8. The van der Waals surface area contributed by atoms with E-state index in [0.717, 1.165) is 39.5 Å². The van der Waals surface area contributed by atoms with Crippen LogP contribution in [0.4, 0.5) is 11.4 Å². The fourth-order valence-electron chi connectivity index (χ4n) is 8.71. The fraction of sp³-hybridized carbons (Fsp3) is 0.211. The number of carboxylic acid groups (broad SMARTS) is 2. The molecule has 4 aromatic carbocycles. The number of anilines is 2. The maximum absolute atomic E-state index is 14.5. The second-order valence-electron chi connectivity index (χ2n) is 13.3. The molecule has 6 unspecified atom stereocenters. The number of fused-ring (bicyclic) bond motifs is 5. The number of hydrogen-bond donors (Lipinski definition) is 5. The average molecular weight is 689 g/mol. The lowest BCUT2D eigenvalue weighted by Gasteiger charge is -2.44. The molecule has 4 aliphatic rings. The predicted octanol–water partition coefficient (Wildman–Crippen LogP) is 4.40. The second kappa shape index (κ2) is 11.3. The Morgan fingerprint density at radius 2 is 1.18 bits per heavy atom. The van der Waals surface area contributed by atoms with Gasteiger partial charge in [-0.05, 0) is 59.9 Å². The number of allylic oxidation sites excluding steroid dienone is 2. The Morgan fingerprint density at radius 3 is 1.76 bits per heavy atom. The first kappa shape index (κ1) is 31.7. The molecule has 6 atom stereocenters. The zero-order chi connectivity index (χ0) is 36.0. The smallest absolute Gasteiger partial charge is 0.339 e. The molecule has 256 valence electrons. The van der Waals surface area contributed by atoms with Crippen molar-refractivity contribution in [1.82, 2.24) is 0 Å². The van der Waals surface area contributed by atoms with Gasteiger partial charge in [-0.3, -0.25) is 19.2 Å². The highest BCUT2D eigenvalue weighted by Gasteiger charge is 2.62. The summed E-state index contributed by atoms with van der Waals surface area (Å²) in [4.78, 5) is 81.8. The summed E-state index contributed by atoms with van der Waals surface area (Å²) in [5, 5.41) is 52.4. The Morgan fingerprint density at radius 1 is 0.608 bits per heavy atom. The molecule has 8 rings (SSSR count). The molecule has 2 aliphatic heterocycles. The number of nitrogens with zero attached hydrogens (tertiary/aromatic N) is 2. The molecule has 0 spiro atoms. The highest BCUT2D eigenvalue weighted by Crippen LogP contribution is 2.60. The molecule has 0 radical (unpaired) electrons. The number of imide groups is 2. The van der Waals surface area contributed by atoms with Crippen LogP contribution in [0.2, 0.25) is 0 Å². The minimum atomic E-state index is -1.40. The summed E-state index contributed by atoms with van der Waals surface area (Å²) in [6.45, 7) is 0. The van der Waals surface area contributed by atoms with Crippen LogP contribution in [0.25, 0.3) is 10.8 Å². The quantitative estimate of drug-likeness (QED) is 0.147. The van der Waals surface area contributed by atoms with Gasteiger partial charge in [0.1, 0.15) is 28.4 Å². The third kappa shape index (κ3) is 4.54. The standard InChI is InChI=1S/C38H28N2O11/c41-26-12-5-16-3-1-2-4-19(16)30(26)31-20-10-11-23-29(35(46)39(33(23)44)17-6-8-21(37(48)49)27(42)13-17)24(20)15-25-32(31)36(47)40(34(25)45)18-7-9-22(38(50)51)28(43)14-18/h1-10,12-14,23-25,29,31-32,41-43H,11,15H2,(H,48,49)(H,50,51). The molecular weight excluding hydrogens is 660 g/mol. The van der Waals surface area contributed by atoms with E-state index in [9.17, 15) is 54.3 Å². The van der Waals surface area contributed by atoms with Gasteiger partial charge in [0.25, 0.3) is 0 Å². The fourth-order valence-corrected chi connectivity index (χ4v) is 8.71. The van der Waals surface area contributed by atoms with Gasteiger partial charge in [-0.2, -0.15) is 0 Å². The molecule has 4 aromatic rings. The van der Waals surface area contributed by atoms with Gasteiger partial charge in [-0.25, -0.2) is 19.4 Å². The van der Waals surface area contributed by atoms with Crippen LogP contribution >= 0.6 is 0 Å². The van der Waals surface area contributed by atoms with E-state index in [1.54, 1.807) is 18.2 Å². The van der Waals surface area contributed by atoms with Crippen molar-refractivity contribution < 1.29 is 54.3 Å². The number of carbonyl (C=O) groups excluding carboxylic acids is 4. The van der Waals surface area contributed by atoms with Gasteiger partial charge in [0.2, 0.25) is 23.6 Å². The summed E-state index contributed by atoms with van der Waals surface area (Å²) in [5.41, 5.74) is 0.116. The van der Waals surface area contributed by atoms with Gasteiger partial charge in [-0.15, -0.1) is 0 Å². The van der Waals surface area contributed by atoms with Crippen molar-refractivity contribution in [2.75, 3.05) is 9.80 Å². The van der Waals surface area contributed by atoms with Crippen LogP contribution in [0.5, 0.6) is 17.2 Å². The van der Waals surface area contributed by atoms with Gasteiger partial charge >= 0.3 is 11.9 Å². The number of carboxylic acids is 2. The molecule has 0 bridgehead atoms. The van der Waals surface area contributed by atoms with E-state index in [1.807, 2.05) is 18.2 Å². The van der Waals surface area contributed by atoms with Crippen LogP contribution in [-0.4, -0.2) is 61.1 Å². The van der Waals surface area contributed by atoms with E-state index in [2.05, 4.69) is 0 Å². The Balaban J connectivity index is 1.27. The topological polar surface area (TPSA) is 210 Å². The van der Waals surface area contributed by atoms with Gasteiger partial charge in [0.15, 0.2) is 0 Å². The van der Waals surface area contributed by atoms with E-state index in [0.29, 0.717) is 16.5 Å². The molecule has 2 aliphatic carbocycles. The van der Waals surface area contributed by atoms with E-state index >= 15 is 0 Å². The van der Waals surface area contributed by atoms with Gasteiger partial charge in [0.05, 0.1) is 35.0 Å². The number of phenolic OH excluding ortho intramolecular Hbond substituents is 1. The van der Waals surface area contributed by atoms with E-state index in [4.69, 9.17) is 0 Å².